The van der Waals surface area contributed by atoms with E-state index >= 15 is 0 Å². The molecule has 4 aromatic rings. The first-order chi connectivity index (χ1) is 14.7. The summed E-state index contributed by atoms with van der Waals surface area (Å²) in [5, 5.41) is 3.49. The molecule has 30 heavy (non-hydrogen) atoms. The number of aromatic nitrogens is 1. The van der Waals surface area contributed by atoms with E-state index in [1.54, 1.807) is 46.8 Å². The van der Waals surface area contributed by atoms with Gasteiger partial charge in [-0.05, 0) is 24.3 Å². The van der Waals surface area contributed by atoms with Gasteiger partial charge in [0.05, 0.1) is 18.2 Å². The SMILES string of the molecule is O=C(c1cc(=O)c2ccccc2o1)N1CCN(Cc2nc(-c3ccco3)cs2)CC1. The minimum absolute atomic E-state index is 0.0927. The molecule has 152 valence electrons. The van der Waals surface area contributed by atoms with Gasteiger partial charge in [-0.25, -0.2) is 4.98 Å². The summed E-state index contributed by atoms with van der Waals surface area (Å²) in [4.78, 5) is 33.8. The molecule has 1 amide bonds. The van der Waals surface area contributed by atoms with Gasteiger partial charge in [0.25, 0.3) is 5.91 Å². The number of para-hydroxylation sites is 1. The second-order valence-electron chi connectivity index (χ2n) is 7.14. The number of carbonyl (C=O) groups excluding carboxylic acids is 1. The van der Waals surface area contributed by atoms with Crippen molar-refractivity contribution in [1.29, 1.82) is 0 Å². The number of hydrogen-bond donors (Lipinski definition) is 0. The summed E-state index contributed by atoms with van der Waals surface area (Å²) in [6.45, 7) is 3.36. The topological polar surface area (TPSA) is 79.8 Å². The molecule has 0 saturated carbocycles. The first kappa shape index (κ1) is 18.8. The average molecular weight is 421 g/mol. The monoisotopic (exact) mass is 421 g/mol. The maximum atomic E-state index is 12.8. The number of benzene rings is 1. The zero-order valence-corrected chi connectivity index (χ0v) is 16.9. The van der Waals surface area contributed by atoms with Gasteiger partial charge < -0.3 is 13.7 Å². The number of hydrogen-bond acceptors (Lipinski definition) is 7. The van der Waals surface area contributed by atoms with Gasteiger partial charge in [-0.1, -0.05) is 12.1 Å². The molecule has 0 radical (unpaired) electrons. The molecular weight excluding hydrogens is 402 g/mol. The first-order valence-electron chi connectivity index (χ1n) is 9.70. The number of fused-ring (bicyclic) bond motifs is 1. The van der Waals surface area contributed by atoms with Gasteiger partial charge in [-0.2, -0.15) is 0 Å². The predicted octanol–water partition coefficient (Wildman–Crippen LogP) is 3.47. The first-order valence-corrected chi connectivity index (χ1v) is 10.6. The summed E-state index contributed by atoms with van der Waals surface area (Å²) >= 11 is 1.61. The number of furan rings is 1. The Morgan fingerprint density at radius 2 is 1.93 bits per heavy atom. The van der Waals surface area contributed by atoms with Crippen LogP contribution in [0.5, 0.6) is 0 Å². The Kier molecular flexibility index (Phi) is 4.94. The second kappa shape index (κ2) is 7.89. The molecule has 0 bridgehead atoms. The standard InChI is InChI=1S/C22H19N3O4S/c26-17-12-20(29-18-5-2-1-4-15(17)18)22(27)25-9-7-24(8-10-25)13-21-23-16(14-30-21)19-6-3-11-28-19/h1-6,11-12,14H,7-10,13H2. The van der Waals surface area contributed by atoms with Gasteiger partial charge in [0, 0.05) is 37.6 Å². The van der Waals surface area contributed by atoms with Crippen LogP contribution in [0.1, 0.15) is 15.6 Å². The van der Waals surface area contributed by atoms with Crippen molar-refractivity contribution in [3.05, 3.63) is 75.1 Å². The third-order valence-electron chi connectivity index (χ3n) is 5.19. The minimum Gasteiger partial charge on any atom is -0.463 e. The molecule has 0 atom stereocenters. The van der Waals surface area contributed by atoms with Crippen LogP contribution in [0.15, 0.2) is 67.7 Å². The predicted molar refractivity (Wildman–Crippen MR) is 113 cm³/mol. The molecule has 1 aromatic carbocycles. The van der Waals surface area contributed by atoms with Crippen molar-refractivity contribution in [2.24, 2.45) is 0 Å². The van der Waals surface area contributed by atoms with Crippen LogP contribution in [0.2, 0.25) is 0 Å². The maximum absolute atomic E-state index is 12.8. The zero-order valence-electron chi connectivity index (χ0n) is 16.1. The van der Waals surface area contributed by atoms with E-state index in [9.17, 15) is 9.59 Å². The number of carbonyl (C=O) groups is 1. The molecule has 1 aliphatic rings. The Bertz CT molecular complexity index is 1240. The van der Waals surface area contributed by atoms with Crippen LogP contribution in [0.4, 0.5) is 0 Å². The van der Waals surface area contributed by atoms with Crippen LogP contribution in [0, 0.1) is 0 Å². The zero-order chi connectivity index (χ0) is 20.5. The summed E-state index contributed by atoms with van der Waals surface area (Å²) in [5.74, 6) is 0.617. The largest absolute Gasteiger partial charge is 0.463 e. The number of thiazole rings is 1. The molecule has 1 fully saturated rings. The number of rotatable bonds is 4. The highest BCUT2D eigenvalue weighted by atomic mass is 32.1. The minimum atomic E-state index is -0.244. The van der Waals surface area contributed by atoms with Crippen LogP contribution in [0.3, 0.4) is 0 Å². The maximum Gasteiger partial charge on any atom is 0.289 e. The van der Waals surface area contributed by atoms with E-state index in [1.165, 1.54) is 6.07 Å². The number of piperazine rings is 1. The van der Waals surface area contributed by atoms with Crippen LogP contribution in [-0.2, 0) is 6.54 Å². The van der Waals surface area contributed by atoms with E-state index in [0.29, 0.717) is 24.1 Å². The fourth-order valence-corrected chi connectivity index (χ4v) is 4.41. The van der Waals surface area contributed by atoms with Crippen molar-refractivity contribution in [2.45, 2.75) is 6.54 Å². The van der Waals surface area contributed by atoms with Crippen molar-refractivity contribution in [3.63, 3.8) is 0 Å². The van der Waals surface area contributed by atoms with Crippen molar-refractivity contribution < 1.29 is 13.6 Å². The molecule has 0 N–H and O–H groups in total. The quantitative estimate of drug-likeness (QED) is 0.502. The summed E-state index contributed by atoms with van der Waals surface area (Å²) in [7, 11) is 0. The fraction of sp³-hybridized carbons (Fsp3) is 0.227. The van der Waals surface area contributed by atoms with E-state index in [2.05, 4.69) is 9.88 Å². The van der Waals surface area contributed by atoms with Crippen LogP contribution >= 0.6 is 11.3 Å². The van der Waals surface area contributed by atoms with Gasteiger partial charge in [0.15, 0.2) is 16.9 Å². The Hall–Kier alpha value is -3.23. The highest BCUT2D eigenvalue weighted by Crippen LogP contribution is 2.23. The smallest absolute Gasteiger partial charge is 0.289 e. The van der Waals surface area contributed by atoms with Gasteiger partial charge in [-0.15, -0.1) is 11.3 Å². The summed E-state index contributed by atoms with van der Waals surface area (Å²) in [6, 6.07) is 12.0. The number of nitrogens with zero attached hydrogens (tertiary/aromatic N) is 3. The van der Waals surface area contributed by atoms with E-state index in [-0.39, 0.29) is 17.1 Å². The third kappa shape index (κ3) is 3.67. The molecule has 3 aromatic heterocycles. The molecule has 1 saturated heterocycles. The Morgan fingerprint density at radius 3 is 2.73 bits per heavy atom. The summed E-state index contributed by atoms with van der Waals surface area (Å²) < 4.78 is 11.1. The van der Waals surface area contributed by atoms with Crippen LogP contribution in [-0.4, -0.2) is 46.9 Å². The molecular formula is C22H19N3O4S. The Labute approximate surface area is 176 Å². The summed E-state index contributed by atoms with van der Waals surface area (Å²) in [6.07, 6.45) is 1.64. The van der Waals surface area contributed by atoms with Gasteiger partial charge in [-0.3, -0.25) is 14.5 Å². The van der Waals surface area contributed by atoms with Gasteiger partial charge in [0.1, 0.15) is 16.3 Å². The lowest BCUT2D eigenvalue weighted by molar-refractivity contribution is 0.0598. The Morgan fingerprint density at radius 1 is 1.10 bits per heavy atom. The molecule has 7 nitrogen and oxygen atoms in total. The van der Waals surface area contributed by atoms with Crippen LogP contribution < -0.4 is 5.43 Å². The normalized spacial score (nSPS) is 15.0. The lowest BCUT2D eigenvalue weighted by atomic mass is 10.2. The van der Waals surface area contributed by atoms with Gasteiger partial charge in [0.2, 0.25) is 0 Å². The molecule has 0 spiro atoms. The molecule has 4 heterocycles. The van der Waals surface area contributed by atoms with E-state index < -0.39 is 0 Å². The average Bonchev–Trinajstić information content (AvgIpc) is 3.46. The molecule has 8 heteroatoms. The Balaban J connectivity index is 1.23. The molecule has 1 aliphatic heterocycles. The van der Waals surface area contributed by atoms with Crippen molar-refractivity contribution >= 4 is 28.2 Å². The van der Waals surface area contributed by atoms with Crippen molar-refractivity contribution in [3.8, 4) is 11.5 Å². The fourth-order valence-electron chi connectivity index (χ4n) is 3.59. The molecule has 0 aliphatic carbocycles. The van der Waals surface area contributed by atoms with Crippen LogP contribution in [0.25, 0.3) is 22.4 Å². The highest BCUT2D eigenvalue weighted by molar-refractivity contribution is 7.09. The van der Waals surface area contributed by atoms with E-state index in [0.717, 1.165) is 36.1 Å². The lowest BCUT2D eigenvalue weighted by Gasteiger charge is -2.33. The van der Waals surface area contributed by atoms with Gasteiger partial charge >= 0.3 is 0 Å². The lowest BCUT2D eigenvalue weighted by Crippen LogP contribution is -2.48. The molecule has 0 unspecified atom stereocenters. The third-order valence-corrected chi connectivity index (χ3v) is 6.02. The summed E-state index contributed by atoms with van der Waals surface area (Å²) in [5.41, 5.74) is 1.08. The van der Waals surface area contributed by atoms with Crippen molar-refractivity contribution in [2.75, 3.05) is 26.2 Å². The van der Waals surface area contributed by atoms with E-state index in [4.69, 9.17) is 8.83 Å². The van der Waals surface area contributed by atoms with Crippen molar-refractivity contribution in [1.82, 2.24) is 14.8 Å². The number of amides is 1. The molecule has 5 rings (SSSR count). The van der Waals surface area contributed by atoms with E-state index in [1.807, 2.05) is 17.5 Å². The second-order valence-corrected chi connectivity index (χ2v) is 8.09. The highest BCUT2D eigenvalue weighted by Gasteiger charge is 2.25.